The lowest BCUT2D eigenvalue weighted by molar-refractivity contribution is 0.283. The van der Waals surface area contributed by atoms with Crippen LogP contribution in [0.4, 0.5) is 0 Å². The molecule has 0 saturated heterocycles. The van der Waals surface area contributed by atoms with E-state index in [2.05, 4.69) is 18.2 Å². The fourth-order valence-corrected chi connectivity index (χ4v) is 7.65. The molecule has 194 valence electrons. The molecule has 4 aromatic rings. The van der Waals surface area contributed by atoms with E-state index < -0.39 is 0 Å². The Kier molecular flexibility index (Phi) is 7.02. The molecule has 0 N–H and O–H groups in total. The van der Waals surface area contributed by atoms with Crippen LogP contribution in [-0.2, 0) is 17.6 Å². The quantitative estimate of drug-likeness (QED) is 0.181. The first-order valence-corrected chi connectivity index (χ1v) is 14.7. The molecule has 1 heterocycles. The molecule has 1 aromatic heterocycles. The maximum Gasteiger partial charge on any atom is 0.263 e. The fourth-order valence-electron chi connectivity index (χ4n) is 6.09. The average Bonchev–Trinajstić information content (AvgIpc) is 2.93. The van der Waals surface area contributed by atoms with Crippen LogP contribution in [0.3, 0.4) is 0 Å². The topological polar surface area (TPSA) is 44.1 Å². The third kappa shape index (κ3) is 4.45. The number of rotatable bonds is 5. The van der Waals surface area contributed by atoms with Crippen molar-refractivity contribution < 1.29 is 4.74 Å². The average molecular weight is 564 g/mol. The Morgan fingerprint density at radius 3 is 2.55 bits per heavy atom. The highest BCUT2D eigenvalue weighted by Gasteiger charge is 2.43. The number of benzene rings is 3. The summed E-state index contributed by atoms with van der Waals surface area (Å²) in [6, 6.07) is 21.6. The Morgan fingerprint density at radius 2 is 1.76 bits per heavy atom. The third-order valence-electron chi connectivity index (χ3n) is 7.89. The molecule has 4 nitrogen and oxygen atoms in total. The molecule has 2 aliphatic rings. The van der Waals surface area contributed by atoms with E-state index >= 15 is 0 Å². The summed E-state index contributed by atoms with van der Waals surface area (Å²) in [7, 11) is 1.63. The van der Waals surface area contributed by atoms with Gasteiger partial charge in [-0.15, -0.1) is 0 Å². The van der Waals surface area contributed by atoms with Crippen LogP contribution < -0.4 is 10.3 Å². The van der Waals surface area contributed by atoms with Crippen LogP contribution in [0.1, 0.15) is 48.8 Å². The number of hydrogen-bond donors (Lipinski definition) is 0. The van der Waals surface area contributed by atoms with Gasteiger partial charge < -0.3 is 4.74 Å². The summed E-state index contributed by atoms with van der Waals surface area (Å²) in [6.07, 6.45) is 6.35. The maximum absolute atomic E-state index is 14.7. The second kappa shape index (κ2) is 10.4. The van der Waals surface area contributed by atoms with Crippen molar-refractivity contribution in [3.63, 3.8) is 0 Å². The molecule has 6 rings (SSSR count). The molecule has 1 saturated carbocycles. The lowest BCUT2D eigenvalue weighted by Gasteiger charge is -2.42. The van der Waals surface area contributed by atoms with Crippen LogP contribution in [0.2, 0.25) is 10.0 Å². The molecule has 0 atom stereocenters. The first-order valence-electron chi connectivity index (χ1n) is 13.0. The van der Waals surface area contributed by atoms with Gasteiger partial charge in [0.1, 0.15) is 5.75 Å². The number of aromatic nitrogens is 2. The number of para-hydroxylation sites is 2. The van der Waals surface area contributed by atoms with E-state index in [0.717, 1.165) is 54.5 Å². The van der Waals surface area contributed by atoms with Crippen LogP contribution in [0.25, 0.3) is 16.9 Å². The van der Waals surface area contributed by atoms with Crippen LogP contribution in [0.15, 0.2) is 76.7 Å². The number of thioether (sulfide) groups is 1. The molecule has 0 unspecified atom stereocenters. The van der Waals surface area contributed by atoms with Gasteiger partial charge >= 0.3 is 0 Å². The number of halogens is 2. The highest BCUT2D eigenvalue weighted by molar-refractivity contribution is 7.98. The van der Waals surface area contributed by atoms with E-state index in [9.17, 15) is 4.79 Å². The molecule has 1 fully saturated rings. The van der Waals surface area contributed by atoms with Gasteiger partial charge in [-0.25, -0.2) is 4.98 Å². The van der Waals surface area contributed by atoms with Crippen molar-refractivity contribution in [2.24, 2.45) is 0 Å². The summed E-state index contributed by atoms with van der Waals surface area (Å²) in [4.78, 5) is 20.0. The molecule has 0 amide bonds. The number of fused-ring (bicyclic) bond motifs is 4. The lowest BCUT2D eigenvalue weighted by atomic mass is 9.62. The molecule has 0 aliphatic heterocycles. The minimum Gasteiger partial charge on any atom is -0.495 e. The van der Waals surface area contributed by atoms with Gasteiger partial charge in [-0.3, -0.25) is 9.36 Å². The van der Waals surface area contributed by atoms with Crippen molar-refractivity contribution in [1.82, 2.24) is 9.55 Å². The van der Waals surface area contributed by atoms with Gasteiger partial charge in [0.2, 0.25) is 0 Å². The Balaban J connectivity index is 1.59. The van der Waals surface area contributed by atoms with Crippen molar-refractivity contribution in [1.29, 1.82) is 0 Å². The highest BCUT2D eigenvalue weighted by Crippen LogP contribution is 2.49. The second-order valence-electron chi connectivity index (χ2n) is 10.1. The van der Waals surface area contributed by atoms with Gasteiger partial charge in [0, 0.05) is 26.8 Å². The first-order chi connectivity index (χ1) is 18.5. The summed E-state index contributed by atoms with van der Waals surface area (Å²) in [6.45, 7) is 0. The van der Waals surface area contributed by atoms with Crippen molar-refractivity contribution in [2.45, 2.75) is 54.8 Å². The SMILES string of the molecule is COc1ccccc1-n1c(SCc2ccc(Cl)cc2Cl)nc2c(c1=O)C1(CCCCC1)Cc1ccccc1-2. The first kappa shape index (κ1) is 25.5. The Hall–Kier alpha value is -2.73. The highest BCUT2D eigenvalue weighted by atomic mass is 35.5. The molecular formula is C31H28Cl2N2O2S. The predicted molar refractivity (Wildman–Crippen MR) is 156 cm³/mol. The van der Waals surface area contributed by atoms with E-state index in [1.165, 1.54) is 23.7 Å². The fraction of sp³-hybridized carbons (Fsp3) is 0.290. The molecule has 3 aromatic carbocycles. The van der Waals surface area contributed by atoms with Gasteiger partial charge in [0.15, 0.2) is 5.16 Å². The molecule has 1 spiro atoms. The zero-order chi connectivity index (χ0) is 26.3. The molecule has 0 bridgehead atoms. The van der Waals surface area contributed by atoms with Gasteiger partial charge in [0.25, 0.3) is 5.56 Å². The lowest BCUT2D eigenvalue weighted by Crippen LogP contribution is -2.43. The van der Waals surface area contributed by atoms with E-state index in [1.807, 2.05) is 42.5 Å². The molecule has 2 aliphatic carbocycles. The number of nitrogens with zero attached hydrogens (tertiary/aromatic N) is 2. The van der Waals surface area contributed by atoms with Crippen molar-refractivity contribution in [2.75, 3.05) is 7.11 Å². The molecule has 0 radical (unpaired) electrons. The zero-order valence-electron chi connectivity index (χ0n) is 21.2. The van der Waals surface area contributed by atoms with Crippen molar-refractivity contribution >= 4 is 35.0 Å². The summed E-state index contributed by atoms with van der Waals surface area (Å²) in [5.41, 5.74) is 5.47. The summed E-state index contributed by atoms with van der Waals surface area (Å²) in [5.74, 6) is 1.18. The number of methoxy groups -OCH3 is 1. The standard InChI is InChI=1S/C31H28Cl2N2O2S/c1-37-26-12-6-5-11-25(26)35-29(36)27-28(34-30(35)38-19-21-13-14-22(32)17-24(21)33)23-10-4-3-9-20(23)18-31(27)15-7-2-8-16-31/h3-6,9-14,17H,2,7-8,15-16,18-19H2,1H3. The molecule has 38 heavy (non-hydrogen) atoms. The van der Waals surface area contributed by atoms with E-state index in [4.69, 9.17) is 32.9 Å². The van der Waals surface area contributed by atoms with Crippen LogP contribution in [-0.4, -0.2) is 16.7 Å². The minimum atomic E-state index is -0.196. The number of ether oxygens (including phenoxy) is 1. The Labute approximate surface area is 237 Å². The predicted octanol–water partition coefficient (Wildman–Crippen LogP) is 8.27. The van der Waals surface area contributed by atoms with Gasteiger partial charge in [-0.2, -0.15) is 0 Å². The Bertz CT molecular complexity index is 1580. The summed E-state index contributed by atoms with van der Waals surface area (Å²) >= 11 is 14.1. The van der Waals surface area contributed by atoms with E-state index in [-0.39, 0.29) is 11.0 Å². The van der Waals surface area contributed by atoms with Crippen molar-refractivity contribution in [3.05, 3.63) is 104 Å². The molecular weight excluding hydrogens is 535 g/mol. The molecule has 7 heteroatoms. The number of hydrogen-bond acceptors (Lipinski definition) is 4. The van der Waals surface area contributed by atoms with Crippen LogP contribution in [0, 0.1) is 0 Å². The third-order valence-corrected chi connectivity index (χ3v) is 9.47. The largest absolute Gasteiger partial charge is 0.495 e. The minimum absolute atomic E-state index is 0.000561. The maximum atomic E-state index is 14.7. The zero-order valence-corrected chi connectivity index (χ0v) is 23.5. The summed E-state index contributed by atoms with van der Waals surface area (Å²) in [5, 5.41) is 1.81. The van der Waals surface area contributed by atoms with E-state index in [1.54, 1.807) is 17.7 Å². The van der Waals surface area contributed by atoms with Crippen LogP contribution >= 0.6 is 35.0 Å². The van der Waals surface area contributed by atoms with Gasteiger partial charge in [0.05, 0.1) is 24.1 Å². The summed E-state index contributed by atoms with van der Waals surface area (Å²) < 4.78 is 7.47. The smallest absolute Gasteiger partial charge is 0.263 e. The van der Waals surface area contributed by atoms with Crippen LogP contribution in [0.5, 0.6) is 5.75 Å². The second-order valence-corrected chi connectivity index (χ2v) is 11.9. The van der Waals surface area contributed by atoms with Gasteiger partial charge in [-0.05, 0) is 54.7 Å². The Morgan fingerprint density at radius 1 is 1.00 bits per heavy atom. The van der Waals surface area contributed by atoms with Gasteiger partial charge in [-0.1, -0.05) is 96.7 Å². The normalized spacial score (nSPS) is 15.7. The monoisotopic (exact) mass is 562 g/mol. The van der Waals surface area contributed by atoms with E-state index in [0.29, 0.717) is 32.4 Å². The van der Waals surface area contributed by atoms with Crippen molar-refractivity contribution in [3.8, 4) is 22.7 Å².